The fraction of sp³-hybridized carbons (Fsp3) is 0. The van der Waals surface area contributed by atoms with Gasteiger partial charge in [-0.2, -0.15) is 0 Å². The molecule has 2 heterocycles. The molecule has 0 amide bonds. The lowest BCUT2D eigenvalue weighted by Gasteiger charge is -1.93. The Morgan fingerprint density at radius 2 is 1.93 bits per heavy atom. The average molecular weight is 212 g/mol. The van der Waals surface area contributed by atoms with E-state index in [4.69, 9.17) is 0 Å². The van der Waals surface area contributed by atoms with Crippen molar-refractivity contribution in [1.29, 1.82) is 0 Å². The summed E-state index contributed by atoms with van der Waals surface area (Å²) >= 11 is 1.70. The van der Waals surface area contributed by atoms with Gasteiger partial charge in [0.05, 0.1) is 0 Å². The van der Waals surface area contributed by atoms with Crippen molar-refractivity contribution in [2.45, 2.75) is 0 Å². The van der Waals surface area contributed by atoms with E-state index in [-0.39, 0.29) is 0 Å². The molecule has 0 N–H and O–H groups in total. The van der Waals surface area contributed by atoms with Crippen LogP contribution in [0.4, 0.5) is 0 Å². The van der Waals surface area contributed by atoms with Gasteiger partial charge in [0.15, 0.2) is 0 Å². The third-order valence-electron chi connectivity index (χ3n) is 2.25. The second kappa shape index (κ2) is 3.44. The molecule has 2 nitrogen and oxygen atoms in total. The smallest absolute Gasteiger partial charge is 0.127 e. The maximum atomic E-state index is 4.23. The van der Waals surface area contributed by atoms with Crippen LogP contribution in [0, 0.1) is 0 Å². The summed E-state index contributed by atoms with van der Waals surface area (Å²) in [7, 11) is 0. The van der Waals surface area contributed by atoms with E-state index in [1.54, 1.807) is 17.7 Å². The Morgan fingerprint density at radius 1 is 1.07 bits per heavy atom. The van der Waals surface area contributed by atoms with Gasteiger partial charge in [-0.05, 0) is 11.6 Å². The summed E-state index contributed by atoms with van der Waals surface area (Å²) in [5.41, 5.74) is 1.24. The van der Waals surface area contributed by atoms with Crippen LogP contribution < -0.4 is 0 Å². The molecule has 0 bridgehead atoms. The van der Waals surface area contributed by atoms with Crippen molar-refractivity contribution in [3.8, 4) is 10.4 Å². The number of hydrogen-bond acceptors (Lipinski definition) is 3. The maximum Gasteiger partial charge on any atom is 0.127 e. The molecule has 0 aliphatic heterocycles. The van der Waals surface area contributed by atoms with E-state index in [1.807, 2.05) is 24.4 Å². The molecular formula is C12H8N2S. The first kappa shape index (κ1) is 8.56. The Labute approximate surface area is 91.2 Å². The summed E-state index contributed by atoms with van der Waals surface area (Å²) in [6.07, 6.45) is 3.44. The molecule has 15 heavy (non-hydrogen) atoms. The van der Waals surface area contributed by atoms with Crippen molar-refractivity contribution in [3.05, 3.63) is 48.9 Å². The molecule has 0 spiro atoms. The number of rotatable bonds is 1. The number of benzene rings is 1. The van der Waals surface area contributed by atoms with E-state index in [2.05, 4.69) is 28.2 Å². The van der Waals surface area contributed by atoms with E-state index in [0.717, 1.165) is 10.2 Å². The fourth-order valence-electron chi connectivity index (χ4n) is 1.53. The highest BCUT2D eigenvalue weighted by Crippen LogP contribution is 2.31. The molecular weight excluding hydrogens is 204 g/mol. The summed E-state index contributed by atoms with van der Waals surface area (Å²) < 4.78 is 0. The molecule has 1 aromatic carbocycles. The second-order valence-corrected chi connectivity index (χ2v) is 4.29. The molecule has 0 fully saturated rings. The highest BCUT2D eigenvalue weighted by atomic mass is 32.1. The number of fused-ring (bicyclic) bond motifs is 1. The van der Waals surface area contributed by atoms with Gasteiger partial charge >= 0.3 is 0 Å². The third kappa shape index (κ3) is 1.51. The molecule has 0 unspecified atom stereocenters. The summed E-state index contributed by atoms with van der Waals surface area (Å²) in [4.78, 5) is 10.5. The number of thiophene rings is 1. The minimum atomic E-state index is 1.05. The van der Waals surface area contributed by atoms with Gasteiger partial charge in [-0.15, -0.1) is 11.3 Å². The molecule has 0 saturated heterocycles. The predicted molar refractivity (Wildman–Crippen MR) is 62.9 cm³/mol. The summed E-state index contributed by atoms with van der Waals surface area (Å²) in [5, 5.41) is 1.11. The average Bonchev–Trinajstić information content (AvgIpc) is 2.74. The Balaban J connectivity index is 2.21. The Hall–Kier alpha value is -1.74. The Bertz CT molecular complexity index is 554. The van der Waals surface area contributed by atoms with Crippen LogP contribution in [0.15, 0.2) is 48.9 Å². The van der Waals surface area contributed by atoms with Crippen LogP contribution in [-0.2, 0) is 0 Å². The Morgan fingerprint density at radius 3 is 2.73 bits per heavy atom. The van der Waals surface area contributed by atoms with Gasteiger partial charge in [-0.3, -0.25) is 0 Å². The highest BCUT2D eigenvalue weighted by molar-refractivity contribution is 7.21. The molecule has 3 heteroatoms. The first-order valence-corrected chi connectivity index (χ1v) is 5.50. The summed E-state index contributed by atoms with van der Waals surface area (Å²) in [6.45, 7) is 0. The monoisotopic (exact) mass is 212 g/mol. The van der Waals surface area contributed by atoms with E-state index >= 15 is 0 Å². The van der Waals surface area contributed by atoms with Crippen LogP contribution in [0.1, 0.15) is 0 Å². The van der Waals surface area contributed by atoms with Crippen molar-refractivity contribution in [2.75, 3.05) is 0 Å². The molecule has 72 valence electrons. The normalized spacial score (nSPS) is 10.7. The van der Waals surface area contributed by atoms with Gasteiger partial charge in [0.1, 0.15) is 11.2 Å². The topological polar surface area (TPSA) is 25.8 Å². The quantitative estimate of drug-likeness (QED) is 0.618. The van der Waals surface area contributed by atoms with Crippen molar-refractivity contribution in [1.82, 2.24) is 9.97 Å². The minimum Gasteiger partial charge on any atom is -0.244 e. The van der Waals surface area contributed by atoms with E-state index in [1.165, 1.54) is 10.4 Å². The van der Waals surface area contributed by atoms with E-state index < -0.39 is 0 Å². The standard InChI is InChI=1S/C12H8N2S/c1-2-4-9(5-3-1)11-6-10-7-13-8-14-12(10)15-11/h1-8H. The molecule has 2 aromatic heterocycles. The molecule has 0 saturated carbocycles. The lowest BCUT2D eigenvalue weighted by Crippen LogP contribution is -1.71. The van der Waals surface area contributed by atoms with Gasteiger partial charge in [0.25, 0.3) is 0 Å². The molecule has 3 rings (SSSR count). The second-order valence-electron chi connectivity index (χ2n) is 3.26. The lowest BCUT2D eigenvalue weighted by molar-refractivity contribution is 1.23. The van der Waals surface area contributed by atoms with Gasteiger partial charge in [0.2, 0.25) is 0 Å². The largest absolute Gasteiger partial charge is 0.244 e. The summed E-state index contributed by atoms with van der Waals surface area (Å²) in [6, 6.07) is 12.5. The zero-order valence-electron chi connectivity index (χ0n) is 7.92. The van der Waals surface area contributed by atoms with E-state index in [0.29, 0.717) is 0 Å². The number of aromatic nitrogens is 2. The minimum absolute atomic E-state index is 1.05. The zero-order chi connectivity index (χ0) is 10.1. The fourth-order valence-corrected chi connectivity index (χ4v) is 2.51. The van der Waals surface area contributed by atoms with Crippen molar-refractivity contribution < 1.29 is 0 Å². The molecule has 0 aliphatic rings. The predicted octanol–water partition coefficient (Wildman–Crippen LogP) is 3.36. The summed E-state index contributed by atoms with van der Waals surface area (Å²) in [5.74, 6) is 0. The van der Waals surface area contributed by atoms with Crippen LogP contribution in [-0.4, -0.2) is 9.97 Å². The van der Waals surface area contributed by atoms with Gasteiger partial charge in [-0.25, -0.2) is 9.97 Å². The number of nitrogens with zero attached hydrogens (tertiary/aromatic N) is 2. The molecule has 0 atom stereocenters. The van der Waals surface area contributed by atoms with Crippen LogP contribution in [0.5, 0.6) is 0 Å². The van der Waals surface area contributed by atoms with Crippen LogP contribution >= 0.6 is 11.3 Å². The third-order valence-corrected chi connectivity index (χ3v) is 3.36. The van der Waals surface area contributed by atoms with Crippen molar-refractivity contribution in [2.24, 2.45) is 0 Å². The van der Waals surface area contributed by atoms with Gasteiger partial charge in [0, 0.05) is 16.5 Å². The Kier molecular flexibility index (Phi) is 1.96. The van der Waals surface area contributed by atoms with Crippen molar-refractivity contribution in [3.63, 3.8) is 0 Å². The highest BCUT2D eigenvalue weighted by Gasteiger charge is 2.03. The van der Waals surface area contributed by atoms with E-state index in [9.17, 15) is 0 Å². The first-order chi connectivity index (χ1) is 7.43. The number of hydrogen-bond donors (Lipinski definition) is 0. The zero-order valence-corrected chi connectivity index (χ0v) is 8.74. The van der Waals surface area contributed by atoms with Crippen LogP contribution in [0.2, 0.25) is 0 Å². The van der Waals surface area contributed by atoms with Gasteiger partial charge < -0.3 is 0 Å². The van der Waals surface area contributed by atoms with Crippen molar-refractivity contribution >= 4 is 21.6 Å². The van der Waals surface area contributed by atoms with Crippen LogP contribution in [0.25, 0.3) is 20.7 Å². The molecule has 0 aliphatic carbocycles. The molecule has 3 aromatic rings. The maximum absolute atomic E-state index is 4.23. The molecule has 0 radical (unpaired) electrons. The van der Waals surface area contributed by atoms with Gasteiger partial charge in [-0.1, -0.05) is 30.3 Å². The first-order valence-electron chi connectivity index (χ1n) is 4.68. The lowest BCUT2D eigenvalue weighted by atomic mass is 10.2. The van der Waals surface area contributed by atoms with Crippen LogP contribution in [0.3, 0.4) is 0 Å². The SMILES string of the molecule is c1ccc(-c2cc3cncnc3s2)cc1.